The van der Waals surface area contributed by atoms with Gasteiger partial charge in [0.05, 0.1) is 12.7 Å². The summed E-state index contributed by atoms with van der Waals surface area (Å²) in [4.78, 5) is 13.8. The number of pyridine rings is 1. The Kier molecular flexibility index (Phi) is 5.01. The zero-order valence-electron chi connectivity index (χ0n) is 13.1. The number of nitrogens with zero attached hydrogens (tertiary/aromatic N) is 2. The highest BCUT2D eigenvalue weighted by molar-refractivity contribution is 6.32. The van der Waals surface area contributed by atoms with Gasteiger partial charge in [0, 0.05) is 6.54 Å². The summed E-state index contributed by atoms with van der Waals surface area (Å²) in [6, 6.07) is 3.22. The van der Waals surface area contributed by atoms with Crippen LogP contribution in [0.5, 0.6) is 0 Å². The minimum atomic E-state index is -0.516. The van der Waals surface area contributed by atoms with Gasteiger partial charge in [-0.25, -0.2) is 9.52 Å². The minimum absolute atomic E-state index is 0.0265. The first-order valence-corrected chi connectivity index (χ1v) is 7.76. The zero-order chi connectivity index (χ0) is 16.3. The molecule has 2 heterocycles. The van der Waals surface area contributed by atoms with Crippen LogP contribution in [0.3, 0.4) is 0 Å². The first kappa shape index (κ1) is 16.7. The fraction of sp³-hybridized carbons (Fsp3) is 0.600. The predicted molar refractivity (Wildman–Crippen MR) is 84.9 cm³/mol. The average Bonchev–Trinajstić information content (AvgIpc) is 2.41. The van der Waals surface area contributed by atoms with E-state index in [0.29, 0.717) is 28.7 Å². The van der Waals surface area contributed by atoms with Gasteiger partial charge < -0.3 is 14.8 Å². The molecule has 22 heavy (non-hydrogen) atoms. The number of likely N-dealkylation sites (tertiary alicyclic amines) is 1. The van der Waals surface area contributed by atoms with Crippen molar-refractivity contribution in [2.24, 2.45) is 0 Å². The van der Waals surface area contributed by atoms with E-state index in [1.54, 1.807) is 17.0 Å². The average molecular weight is 328 g/mol. The lowest BCUT2D eigenvalue weighted by Gasteiger charge is -2.33. The molecule has 1 saturated heterocycles. The molecule has 0 radical (unpaired) electrons. The van der Waals surface area contributed by atoms with Crippen molar-refractivity contribution in [1.29, 1.82) is 0 Å². The van der Waals surface area contributed by atoms with E-state index in [2.05, 4.69) is 5.32 Å². The van der Waals surface area contributed by atoms with Crippen molar-refractivity contribution in [2.75, 3.05) is 18.4 Å². The Morgan fingerprint density at radius 2 is 2.27 bits per heavy atom. The van der Waals surface area contributed by atoms with E-state index in [-0.39, 0.29) is 12.1 Å². The van der Waals surface area contributed by atoms with Crippen molar-refractivity contribution in [1.82, 2.24) is 4.90 Å². The molecule has 2 rings (SSSR count). The Morgan fingerprint density at radius 1 is 1.55 bits per heavy atom. The van der Waals surface area contributed by atoms with Crippen molar-refractivity contribution in [3.63, 3.8) is 0 Å². The molecule has 1 aromatic rings. The van der Waals surface area contributed by atoms with Gasteiger partial charge in [0.25, 0.3) is 5.82 Å². The summed E-state index contributed by atoms with van der Waals surface area (Å²) >= 11 is 6.05. The largest absolute Gasteiger partial charge is 0.711 e. The van der Waals surface area contributed by atoms with Crippen LogP contribution in [0.15, 0.2) is 18.3 Å². The molecule has 1 aromatic heterocycles. The second-order valence-electron chi connectivity index (χ2n) is 6.44. The summed E-state index contributed by atoms with van der Waals surface area (Å²) in [5.41, 5.74) is -0.516. The molecule has 1 atom stereocenters. The maximum Gasteiger partial charge on any atom is 0.410 e. The molecule has 0 saturated carbocycles. The van der Waals surface area contributed by atoms with Crippen LogP contribution in [0, 0.1) is 5.21 Å². The third-order valence-electron chi connectivity index (χ3n) is 3.32. The Balaban J connectivity index is 2.00. The standard InChI is InChI=1S/C15H22ClN3O3/c1-15(2,3)22-14(20)18-8-4-6-11(10-18)17-13-12(16)7-5-9-19(13)21/h5,7,9,11,17H,4,6,8,10H2,1-3H3/t11-/m1/s1. The van der Waals surface area contributed by atoms with Gasteiger partial charge in [0.1, 0.15) is 16.7 Å². The molecule has 0 aromatic carbocycles. The monoisotopic (exact) mass is 327 g/mol. The van der Waals surface area contributed by atoms with Crippen LogP contribution in [0.25, 0.3) is 0 Å². The fourth-order valence-electron chi connectivity index (χ4n) is 2.38. The van der Waals surface area contributed by atoms with Crippen molar-refractivity contribution < 1.29 is 14.3 Å². The predicted octanol–water partition coefficient (Wildman–Crippen LogP) is 2.78. The van der Waals surface area contributed by atoms with Crippen molar-refractivity contribution in [3.05, 3.63) is 28.6 Å². The number of anilines is 1. The molecule has 1 aliphatic rings. The Bertz CT molecular complexity index is 525. The van der Waals surface area contributed by atoms with E-state index < -0.39 is 5.60 Å². The number of rotatable bonds is 2. The smallest absolute Gasteiger partial charge is 0.410 e. The summed E-state index contributed by atoms with van der Waals surface area (Å²) in [6.45, 7) is 6.67. The number of carbonyl (C=O) groups is 1. The van der Waals surface area contributed by atoms with Gasteiger partial charge in [-0.15, -0.1) is 0 Å². The molecule has 0 unspecified atom stereocenters. The topological polar surface area (TPSA) is 68.5 Å². The van der Waals surface area contributed by atoms with Gasteiger partial charge in [0.2, 0.25) is 0 Å². The van der Waals surface area contributed by atoms with E-state index in [1.165, 1.54) is 6.20 Å². The number of carbonyl (C=O) groups excluding carboxylic acids is 1. The molecule has 1 fully saturated rings. The Morgan fingerprint density at radius 3 is 2.91 bits per heavy atom. The Labute approximate surface area is 135 Å². The summed E-state index contributed by atoms with van der Waals surface area (Å²) in [7, 11) is 0. The maximum absolute atomic E-state index is 12.1. The Hall–Kier alpha value is -1.69. The summed E-state index contributed by atoms with van der Waals surface area (Å²) in [5.74, 6) is 0.320. The summed E-state index contributed by atoms with van der Waals surface area (Å²) < 4.78 is 6.09. The maximum atomic E-state index is 12.1. The highest BCUT2D eigenvalue weighted by Gasteiger charge is 2.30. The van der Waals surface area contributed by atoms with Crippen LogP contribution >= 0.6 is 11.6 Å². The molecule has 122 valence electrons. The van der Waals surface area contributed by atoms with Gasteiger partial charge in [-0.1, -0.05) is 11.6 Å². The van der Waals surface area contributed by atoms with Crippen LogP contribution in [0.4, 0.5) is 10.6 Å². The number of halogens is 1. The van der Waals surface area contributed by atoms with Crippen molar-refractivity contribution in [2.45, 2.75) is 45.3 Å². The molecule has 7 heteroatoms. The SMILES string of the molecule is CC(C)(C)OC(=O)N1CCC[C@@H](Nc2c(Cl)ccc[n+]2[O-])C1. The molecule has 0 spiro atoms. The molecule has 1 N–H and O–H groups in total. The number of aromatic nitrogens is 1. The van der Waals surface area contributed by atoms with Crippen LogP contribution < -0.4 is 10.0 Å². The quantitative estimate of drug-likeness (QED) is 0.670. The first-order valence-electron chi connectivity index (χ1n) is 7.38. The number of amides is 1. The number of ether oxygens (including phenoxy) is 1. The molecular formula is C15H22ClN3O3. The second-order valence-corrected chi connectivity index (χ2v) is 6.85. The van der Waals surface area contributed by atoms with E-state index in [9.17, 15) is 10.0 Å². The van der Waals surface area contributed by atoms with E-state index in [4.69, 9.17) is 16.3 Å². The van der Waals surface area contributed by atoms with Gasteiger partial charge in [-0.2, -0.15) is 0 Å². The van der Waals surface area contributed by atoms with Crippen LogP contribution in [-0.2, 0) is 4.74 Å². The lowest BCUT2D eigenvalue weighted by Crippen LogP contribution is -2.48. The zero-order valence-corrected chi connectivity index (χ0v) is 13.9. The number of hydrogen-bond donors (Lipinski definition) is 1. The van der Waals surface area contributed by atoms with Crippen molar-refractivity contribution >= 4 is 23.5 Å². The molecule has 6 nitrogen and oxygen atoms in total. The number of piperidine rings is 1. The van der Waals surface area contributed by atoms with Crippen LogP contribution in [-0.4, -0.2) is 35.7 Å². The fourth-order valence-corrected chi connectivity index (χ4v) is 2.59. The summed E-state index contributed by atoms with van der Waals surface area (Å²) in [5, 5.41) is 15.3. The highest BCUT2D eigenvalue weighted by atomic mass is 35.5. The molecule has 1 amide bonds. The van der Waals surface area contributed by atoms with Gasteiger partial charge >= 0.3 is 6.09 Å². The lowest BCUT2D eigenvalue weighted by atomic mass is 10.1. The highest BCUT2D eigenvalue weighted by Crippen LogP contribution is 2.21. The van der Waals surface area contributed by atoms with E-state index in [0.717, 1.165) is 12.8 Å². The van der Waals surface area contributed by atoms with E-state index >= 15 is 0 Å². The van der Waals surface area contributed by atoms with Crippen LogP contribution in [0.2, 0.25) is 5.02 Å². The van der Waals surface area contributed by atoms with Crippen LogP contribution in [0.1, 0.15) is 33.6 Å². The third kappa shape index (κ3) is 4.40. The van der Waals surface area contributed by atoms with Gasteiger partial charge in [-0.3, -0.25) is 5.32 Å². The number of nitrogens with one attached hydrogen (secondary N) is 1. The normalized spacial score (nSPS) is 18.9. The molecule has 0 aliphatic carbocycles. The van der Waals surface area contributed by atoms with Gasteiger partial charge in [0.15, 0.2) is 0 Å². The number of hydrogen-bond acceptors (Lipinski definition) is 4. The molecule has 1 aliphatic heterocycles. The summed E-state index contributed by atoms with van der Waals surface area (Å²) in [6.07, 6.45) is 2.78. The lowest BCUT2D eigenvalue weighted by molar-refractivity contribution is -0.590. The molecule has 0 bridgehead atoms. The molecular weight excluding hydrogens is 306 g/mol. The van der Waals surface area contributed by atoms with E-state index in [1.807, 2.05) is 20.8 Å². The third-order valence-corrected chi connectivity index (χ3v) is 3.63. The first-order chi connectivity index (χ1) is 10.3. The van der Waals surface area contributed by atoms with Gasteiger partial charge in [-0.05, 0) is 45.7 Å². The van der Waals surface area contributed by atoms with Crippen molar-refractivity contribution in [3.8, 4) is 0 Å². The minimum Gasteiger partial charge on any atom is -0.711 e. The second kappa shape index (κ2) is 6.60.